The third-order valence-corrected chi connectivity index (χ3v) is 0. The Bertz CT molecular complexity index is 8.75. The molecule has 0 amide bonds. The van der Waals surface area contributed by atoms with Gasteiger partial charge in [0.2, 0.25) is 0 Å². The van der Waals surface area contributed by atoms with E-state index in [2.05, 4.69) is 0 Å². The molecule has 3 radical (unpaired) electrons. The van der Waals surface area contributed by atoms with Gasteiger partial charge in [-0.25, -0.2) is 0 Å². The monoisotopic (exact) mass is 163 g/mol. The van der Waals surface area contributed by atoms with Crippen LogP contribution in [0, 0.1) is 0 Å². The fourth-order valence-electron chi connectivity index (χ4n) is 0. The molecule has 0 saturated heterocycles. The molecule has 6 heteroatoms. The van der Waals surface area contributed by atoms with Gasteiger partial charge in [0.05, 0.1) is 0 Å². The molecule has 0 aromatic carbocycles. The van der Waals surface area contributed by atoms with E-state index in [-0.39, 0.29) is 48.8 Å². The molecule has 0 bridgehead atoms. The minimum atomic E-state index is 0. The molecule has 0 aliphatic heterocycles. The van der Waals surface area contributed by atoms with Gasteiger partial charge in [-0.1, -0.05) is 0 Å². The summed E-state index contributed by atoms with van der Waals surface area (Å²) in [5.41, 5.74) is 0. The number of rotatable bonds is 0. The second-order valence-corrected chi connectivity index (χ2v) is 0. The molecule has 0 aromatic heterocycles. The molecule has 0 rings (SSSR count). The van der Waals surface area contributed by atoms with Gasteiger partial charge in [0.1, 0.15) is 0 Å². The average Bonchev–Trinajstić information content (AvgIpc) is 0. The summed E-state index contributed by atoms with van der Waals surface area (Å²) in [5, 5.41) is 0. The lowest BCUT2D eigenvalue weighted by Gasteiger charge is -0.270. The van der Waals surface area contributed by atoms with Crippen molar-refractivity contribution in [1.82, 2.24) is 0 Å². The molecule has 0 aliphatic carbocycles. The molecule has 0 nitrogen and oxygen atoms in total. The van der Waals surface area contributed by atoms with Crippen molar-refractivity contribution >= 4 is 34.7 Å². The number of hydrogen-bond acceptors (Lipinski definition) is 0. The van der Waals surface area contributed by atoms with Crippen LogP contribution >= 0.6 is 34.7 Å². The Morgan fingerprint density at radius 3 is 0.500 bits per heavy atom. The van der Waals surface area contributed by atoms with E-state index >= 15 is 0 Å². The van der Waals surface area contributed by atoms with E-state index in [9.17, 15) is 0 Å². The average molecular weight is 164 g/mol. The van der Waals surface area contributed by atoms with Gasteiger partial charge in [0.15, 0.2) is 0 Å². The maximum Gasteiger partial charge on any atom is 0 e. The van der Waals surface area contributed by atoms with Gasteiger partial charge in [-0.2, -0.15) is 0 Å². The van der Waals surface area contributed by atoms with E-state index < -0.39 is 0 Å². The van der Waals surface area contributed by atoms with Crippen molar-refractivity contribution in [2.45, 2.75) is 0 Å². The Morgan fingerprint density at radius 1 is 0.500 bits per heavy atom. The van der Waals surface area contributed by atoms with Crippen molar-refractivity contribution in [3.8, 4) is 0 Å². The standard InChI is InChI=1S/2ClH.3FH.P/h5*1H;. The molecule has 45 valence electrons. The highest BCUT2D eigenvalue weighted by molar-refractivity contribution is 6.92. The first kappa shape index (κ1) is 357. The lowest BCUT2D eigenvalue weighted by molar-refractivity contribution is 1.11. The fourth-order valence-corrected chi connectivity index (χ4v) is 0. The van der Waals surface area contributed by atoms with E-state index in [4.69, 9.17) is 0 Å². The van der Waals surface area contributed by atoms with Crippen LogP contribution in [0.4, 0.5) is 14.1 Å². The SMILES string of the molecule is Cl.Cl.F.F.F.[P]. The Labute approximate surface area is 49.6 Å². The summed E-state index contributed by atoms with van der Waals surface area (Å²) in [6.07, 6.45) is 0. The molecule has 0 aliphatic rings. The Morgan fingerprint density at radius 2 is 0.500 bits per heavy atom. The molecule has 0 N–H and O–H groups in total. The second-order valence-electron chi connectivity index (χ2n) is 0. The molecule has 0 heterocycles. The third kappa shape index (κ3) is 108. The van der Waals surface area contributed by atoms with E-state index in [0.29, 0.717) is 0 Å². The first-order valence-electron chi connectivity index (χ1n) is 0. The van der Waals surface area contributed by atoms with Crippen LogP contribution in [0.15, 0.2) is 0 Å². The van der Waals surface area contributed by atoms with Gasteiger partial charge in [-0.3, -0.25) is 14.1 Å². The second kappa shape index (κ2) is 209. The van der Waals surface area contributed by atoms with Crippen molar-refractivity contribution in [2.75, 3.05) is 0 Å². The highest BCUT2D eigenvalue weighted by atomic mass is 35.5. The van der Waals surface area contributed by atoms with Crippen LogP contribution in [0.25, 0.3) is 0 Å². The highest BCUT2D eigenvalue weighted by Gasteiger charge is 0.0000253. The number of hydrogen-bond donors (Lipinski definition) is 0. The minimum absolute atomic E-state index is 0. The first-order valence-corrected chi connectivity index (χ1v) is 0. The minimum Gasteiger partial charge on any atom is -0.269 e. The Kier molecular flexibility index (Phi) is 12400. The maximum atomic E-state index is 0. The van der Waals surface area contributed by atoms with Crippen molar-refractivity contribution in [1.29, 1.82) is 0 Å². The van der Waals surface area contributed by atoms with Gasteiger partial charge in [-0.05, 0) is 0 Å². The highest BCUT2D eigenvalue weighted by Crippen LogP contribution is 0.861. The first-order chi connectivity index (χ1) is 0. The summed E-state index contributed by atoms with van der Waals surface area (Å²) in [4.78, 5) is 0. The summed E-state index contributed by atoms with van der Waals surface area (Å²) in [7, 11) is 0. The van der Waals surface area contributed by atoms with Crippen LogP contribution in [0.1, 0.15) is 0 Å². The van der Waals surface area contributed by atoms with E-state index in [1.165, 1.54) is 0 Å². The number of halogens is 5. The van der Waals surface area contributed by atoms with Gasteiger partial charge in [-0.15, -0.1) is 24.8 Å². The predicted molar refractivity (Wildman–Crippen MR) is 28.9 cm³/mol. The lowest BCUT2D eigenvalue weighted by atomic mass is 19.0. The summed E-state index contributed by atoms with van der Waals surface area (Å²) in [6.45, 7) is 0. The predicted octanol–water partition coefficient (Wildman–Crippen LogP) is 2.16. The van der Waals surface area contributed by atoms with E-state index in [1.54, 1.807) is 0 Å². The molecule has 0 saturated carbocycles. The van der Waals surface area contributed by atoms with Gasteiger partial charge >= 0.3 is 0 Å². The molecular formula is H5Cl2F3P. The molecule has 0 spiro atoms. The van der Waals surface area contributed by atoms with E-state index in [0.717, 1.165) is 0 Å². The van der Waals surface area contributed by atoms with Gasteiger partial charge in [0.25, 0.3) is 0 Å². The van der Waals surface area contributed by atoms with E-state index in [1.807, 2.05) is 0 Å². The molecule has 0 fully saturated rings. The van der Waals surface area contributed by atoms with Crippen LogP contribution in [-0.4, -0.2) is 0 Å². The third-order valence-electron chi connectivity index (χ3n) is 0. The summed E-state index contributed by atoms with van der Waals surface area (Å²) in [5.74, 6) is 0. The summed E-state index contributed by atoms with van der Waals surface area (Å²) in [6, 6.07) is 0. The quantitative estimate of drug-likeness (QED) is 0.481. The van der Waals surface area contributed by atoms with Crippen molar-refractivity contribution in [2.24, 2.45) is 0 Å². The van der Waals surface area contributed by atoms with Gasteiger partial charge in [0, 0.05) is 9.90 Å². The fraction of sp³-hybridized carbons (Fsp3) is 0. The van der Waals surface area contributed by atoms with Crippen LogP contribution in [0.3, 0.4) is 0 Å². The topological polar surface area (TPSA) is 0 Å². The Balaban J connectivity index is 0. The van der Waals surface area contributed by atoms with Crippen LogP contribution in [0.2, 0.25) is 0 Å². The molecule has 0 unspecified atom stereocenters. The smallest absolute Gasteiger partial charge is 0 e. The van der Waals surface area contributed by atoms with Crippen molar-refractivity contribution in [3.05, 3.63) is 0 Å². The molecule has 0 atom stereocenters. The zero-order valence-corrected chi connectivity index (χ0v) is 5.02. The zero-order valence-electron chi connectivity index (χ0n) is 2.49. The van der Waals surface area contributed by atoms with Crippen molar-refractivity contribution < 1.29 is 14.1 Å². The molecular weight excluding hydrogens is 159 g/mol. The van der Waals surface area contributed by atoms with Crippen LogP contribution in [0.5, 0.6) is 0 Å². The van der Waals surface area contributed by atoms with Crippen molar-refractivity contribution in [3.63, 3.8) is 0 Å². The summed E-state index contributed by atoms with van der Waals surface area (Å²) >= 11 is 0. The molecule has 0 aromatic rings. The maximum absolute atomic E-state index is 0. The van der Waals surface area contributed by atoms with Gasteiger partial charge < -0.3 is 0 Å². The zero-order chi connectivity index (χ0) is 0. The van der Waals surface area contributed by atoms with Crippen LogP contribution < -0.4 is 0 Å². The normalized spacial score (nSPS) is 0. The molecule has 6 heavy (non-hydrogen) atoms. The Hall–Kier alpha value is 0.800. The lowest BCUT2D eigenvalue weighted by Crippen LogP contribution is 0.419. The largest absolute Gasteiger partial charge is 0.269 e. The van der Waals surface area contributed by atoms with Crippen LogP contribution in [-0.2, 0) is 0 Å². The summed E-state index contributed by atoms with van der Waals surface area (Å²) < 4.78 is 0.